The first-order valence-corrected chi connectivity index (χ1v) is 10.1. The number of amides is 1. The first-order valence-electron chi connectivity index (χ1n) is 6.97. The van der Waals surface area contributed by atoms with E-state index in [2.05, 4.69) is 74.2 Å². The van der Waals surface area contributed by atoms with Crippen molar-refractivity contribution in [1.29, 1.82) is 0 Å². The lowest BCUT2D eigenvalue weighted by atomic mass is 10.2. The van der Waals surface area contributed by atoms with Gasteiger partial charge in [0.05, 0.1) is 22.3 Å². The Bertz CT molecular complexity index is 859. The second kappa shape index (κ2) is 9.72. The number of rotatable bonds is 6. The highest BCUT2D eigenvalue weighted by Crippen LogP contribution is 2.38. The Kier molecular flexibility index (Phi) is 7.93. The highest BCUT2D eigenvalue weighted by Gasteiger charge is 2.13. The van der Waals surface area contributed by atoms with Crippen LogP contribution in [0, 0.1) is 0 Å². The van der Waals surface area contributed by atoms with Crippen molar-refractivity contribution in [1.82, 2.24) is 5.43 Å². The molecule has 0 unspecified atom stereocenters. The summed E-state index contributed by atoms with van der Waals surface area (Å²) in [6, 6.07) is 6.87. The van der Waals surface area contributed by atoms with Crippen molar-refractivity contribution < 1.29 is 19.4 Å². The topological polar surface area (TPSA) is 80.2 Å². The van der Waals surface area contributed by atoms with Crippen molar-refractivity contribution in [2.24, 2.45) is 5.10 Å². The molecule has 0 aromatic heterocycles. The van der Waals surface area contributed by atoms with Crippen LogP contribution in [0.5, 0.6) is 17.2 Å². The molecule has 0 spiro atoms. The molecule has 0 atom stereocenters. The van der Waals surface area contributed by atoms with Crippen LogP contribution in [0.4, 0.5) is 0 Å². The van der Waals surface area contributed by atoms with Crippen molar-refractivity contribution in [3.63, 3.8) is 0 Å². The van der Waals surface area contributed by atoms with E-state index >= 15 is 0 Å². The van der Waals surface area contributed by atoms with Gasteiger partial charge in [0.2, 0.25) is 0 Å². The van der Waals surface area contributed by atoms with Gasteiger partial charge >= 0.3 is 0 Å². The maximum atomic E-state index is 11.9. The summed E-state index contributed by atoms with van der Waals surface area (Å²) in [6.07, 6.45) is 1.33. The SMILES string of the molecule is COc1cc(Br)cc(Br)c1OCC(=O)N/N=C\c1cc(Br)cc(Br)c1O. The normalized spacial score (nSPS) is 10.8. The zero-order valence-corrected chi connectivity index (χ0v) is 19.6. The summed E-state index contributed by atoms with van der Waals surface area (Å²) < 4.78 is 13.4. The Morgan fingerprint density at radius 2 is 1.81 bits per heavy atom. The number of hydrogen-bond donors (Lipinski definition) is 2. The van der Waals surface area contributed by atoms with E-state index in [9.17, 15) is 9.90 Å². The standard InChI is InChI=1S/C16H12Br4N2O4/c1-25-13-5-10(18)4-12(20)16(13)26-7-14(23)22-21-6-8-2-9(17)3-11(19)15(8)24/h2-6,24H,7H2,1H3,(H,22,23)/b21-6-. The summed E-state index contributed by atoms with van der Waals surface area (Å²) in [4.78, 5) is 11.9. The van der Waals surface area contributed by atoms with Gasteiger partial charge in [-0.3, -0.25) is 4.79 Å². The van der Waals surface area contributed by atoms with Crippen LogP contribution < -0.4 is 14.9 Å². The zero-order chi connectivity index (χ0) is 19.3. The highest BCUT2D eigenvalue weighted by atomic mass is 79.9. The molecular formula is C16H12Br4N2O4. The van der Waals surface area contributed by atoms with E-state index in [1.807, 2.05) is 0 Å². The van der Waals surface area contributed by atoms with Gasteiger partial charge in [0, 0.05) is 14.5 Å². The first kappa shape index (κ1) is 21.2. The number of hydrazone groups is 1. The Hall–Kier alpha value is -1.10. The van der Waals surface area contributed by atoms with Crippen molar-refractivity contribution in [3.05, 3.63) is 47.7 Å². The van der Waals surface area contributed by atoms with Gasteiger partial charge in [-0.15, -0.1) is 0 Å². The predicted octanol–water partition coefficient (Wildman–Crippen LogP) is 4.98. The Labute approximate surface area is 183 Å². The molecule has 0 bridgehead atoms. The Morgan fingerprint density at radius 3 is 2.50 bits per heavy atom. The van der Waals surface area contributed by atoms with Gasteiger partial charge in [-0.2, -0.15) is 5.10 Å². The van der Waals surface area contributed by atoms with E-state index in [1.165, 1.54) is 13.3 Å². The molecule has 6 nitrogen and oxygen atoms in total. The Morgan fingerprint density at radius 1 is 1.15 bits per heavy atom. The largest absolute Gasteiger partial charge is 0.506 e. The van der Waals surface area contributed by atoms with Crippen LogP contribution in [0.15, 0.2) is 47.3 Å². The highest BCUT2D eigenvalue weighted by molar-refractivity contribution is 9.11. The molecule has 0 saturated carbocycles. The minimum absolute atomic E-state index is 0.0194. The van der Waals surface area contributed by atoms with Crippen LogP contribution in [-0.4, -0.2) is 30.9 Å². The van der Waals surface area contributed by atoms with Gasteiger partial charge in [-0.1, -0.05) is 31.9 Å². The molecule has 1 amide bonds. The number of nitrogens with zero attached hydrogens (tertiary/aromatic N) is 1. The van der Waals surface area contributed by atoms with Crippen molar-refractivity contribution in [2.75, 3.05) is 13.7 Å². The molecule has 2 aromatic rings. The molecular weight excluding hydrogens is 604 g/mol. The number of ether oxygens (including phenoxy) is 2. The summed E-state index contributed by atoms with van der Waals surface area (Å²) in [5.74, 6) is 0.438. The molecule has 2 aromatic carbocycles. The van der Waals surface area contributed by atoms with Gasteiger partial charge in [-0.05, 0) is 56.1 Å². The van der Waals surface area contributed by atoms with Crippen molar-refractivity contribution in [3.8, 4) is 17.2 Å². The number of halogens is 4. The van der Waals surface area contributed by atoms with Gasteiger partial charge < -0.3 is 14.6 Å². The number of benzene rings is 2. The fraction of sp³-hybridized carbons (Fsp3) is 0.125. The average Bonchev–Trinajstić information content (AvgIpc) is 2.57. The molecule has 10 heteroatoms. The number of aromatic hydroxyl groups is 1. The van der Waals surface area contributed by atoms with Gasteiger partial charge in [-0.25, -0.2) is 5.43 Å². The van der Waals surface area contributed by atoms with E-state index in [-0.39, 0.29) is 12.4 Å². The van der Waals surface area contributed by atoms with Crippen molar-refractivity contribution in [2.45, 2.75) is 0 Å². The van der Waals surface area contributed by atoms with Crippen LogP contribution in [0.1, 0.15) is 5.56 Å². The molecule has 0 heterocycles. The fourth-order valence-electron chi connectivity index (χ4n) is 1.86. The molecule has 0 aliphatic rings. The molecule has 138 valence electrons. The summed E-state index contributed by atoms with van der Waals surface area (Å²) in [6.45, 7) is -0.262. The Balaban J connectivity index is 1.98. The molecule has 0 aliphatic heterocycles. The third kappa shape index (κ3) is 5.70. The monoisotopic (exact) mass is 612 g/mol. The second-order valence-corrected chi connectivity index (χ2v) is 8.37. The summed E-state index contributed by atoms with van der Waals surface area (Å²) >= 11 is 13.2. The quantitative estimate of drug-likeness (QED) is 0.355. The van der Waals surface area contributed by atoms with E-state index in [1.54, 1.807) is 24.3 Å². The first-order chi connectivity index (χ1) is 12.3. The van der Waals surface area contributed by atoms with E-state index < -0.39 is 5.91 Å². The lowest BCUT2D eigenvalue weighted by Gasteiger charge is -2.12. The summed E-state index contributed by atoms with van der Waals surface area (Å²) in [5.41, 5.74) is 2.77. The van der Waals surface area contributed by atoms with E-state index in [0.717, 1.165) is 8.95 Å². The number of nitrogens with one attached hydrogen (secondary N) is 1. The van der Waals surface area contributed by atoms with Crippen LogP contribution >= 0.6 is 63.7 Å². The maximum Gasteiger partial charge on any atom is 0.277 e. The third-order valence-corrected chi connectivity index (χ3v) is 5.10. The van der Waals surface area contributed by atoms with Crippen LogP contribution in [0.25, 0.3) is 0 Å². The lowest BCUT2D eigenvalue weighted by molar-refractivity contribution is -0.123. The van der Waals surface area contributed by atoms with Gasteiger partial charge in [0.1, 0.15) is 5.75 Å². The third-order valence-electron chi connectivity index (χ3n) is 2.99. The number of hydrogen-bond acceptors (Lipinski definition) is 5. The maximum absolute atomic E-state index is 11.9. The number of phenolic OH excluding ortho intramolecular Hbond substituents is 1. The van der Waals surface area contributed by atoms with Crippen LogP contribution in [0.3, 0.4) is 0 Å². The number of phenols is 1. The predicted molar refractivity (Wildman–Crippen MR) is 113 cm³/mol. The fourth-order valence-corrected chi connectivity index (χ4v) is 4.42. The minimum Gasteiger partial charge on any atom is -0.506 e. The zero-order valence-electron chi connectivity index (χ0n) is 13.2. The molecule has 0 fully saturated rings. The molecule has 0 aliphatic carbocycles. The molecule has 2 rings (SSSR count). The summed E-state index contributed by atoms with van der Waals surface area (Å²) in [7, 11) is 1.51. The molecule has 26 heavy (non-hydrogen) atoms. The average molecular weight is 616 g/mol. The lowest BCUT2D eigenvalue weighted by Crippen LogP contribution is -2.24. The van der Waals surface area contributed by atoms with Gasteiger partial charge in [0.25, 0.3) is 5.91 Å². The second-order valence-electron chi connectivity index (χ2n) is 4.83. The van der Waals surface area contributed by atoms with E-state index in [0.29, 0.717) is 26.0 Å². The molecule has 0 saturated heterocycles. The summed E-state index contributed by atoms with van der Waals surface area (Å²) in [5, 5.41) is 13.7. The number of carbonyl (C=O) groups excluding carboxylic acids is 1. The van der Waals surface area contributed by atoms with Gasteiger partial charge in [0.15, 0.2) is 18.1 Å². The van der Waals surface area contributed by atoms with Crippen LogP contribution in [-0.2, 0) is 4.79 Å². The number of methoxy groups -OCH3 is 1. The minimum atomic E-state index is -0.466. The van der Waals surface area contributed by atoms with Crippen LogP contribution in [0.2, 0.25) is 0 Å². The van der Waals surface area contributed by atoms with Crippen molar-refractivity contribution >= 4 is 75.8 Å². The number of carbonyl (C=O) groups is 1. The smallest absolute Gasteiger partial charge is 0.277 e. The van der Waals surface area contributed by atoms with E-state index in [4.69, 9.17) is 9.47 Å². The molecule has 2 N–H and O–H groups in total. The molecule has 0 radical (unpaired) electrons.